The molecule has 0 bridgehead atoms. The first kappa shape index (κ1) is 18.5. The average Bonchev–Trinajstić information content (AvgIpc) is 3.25. The summed E-state index contributed by atoms with van der Waals surface area (Å²) in [7, 11) is 0. The molecule has 0 atom stereocenters. The Kier molecular flexibility index (Phi) is 4.84. The van der Waals surface area contributed by atoms with Crippen molar-refractivity contribution in [2.75, 3.05) is 6.54 Å². The number of carbonyl (C=O) groups is 2. The van der Waals surface area contributed by atoms with E-state index in [0.29, 0.717) is 16.4 Å². The number of fused-ring (bicyclic) bond motifs is 1. The van der Waals surface area contributed by atoms with Crippen molar-refractivity contribution in [1.82, 2.24) is 19.6 Å². The van der Waals surface area contributed by atoms with Crippen molar-refractivity contribution >= 4 is 63.1 Å². The minimum atomic E-state index is -0.539. The average molecular weight is 429 g/mol. The van der Waals surface area contributed by atoms with Crippen LogP contribution in [0, 0.1) is 0 Å². The Balaban J connectivity index is 1.87. The number of thiazole rings is 1. The minimum absolute atomic E-state index is 0.0151. The van der Waals surface area contributed by atoms with Crippen LogP contribution in [0.1, 0.15) is 5.69 Å². The fourth-order valence-electron chi connectivity index (χ4n) is 2.89. The normalized spacial score (nSPS) is 16.1. The summed E-state index contributed by atoms with van der Waals surface area (Å²) >= 11 is 12.5. The number of benzene rings is 1. The zero-order chi connectivity index (χ0) is 19.8. The molecular formula is C19H13ClN4O2S2. The second-order valence-electron chi connectivity index (χ2n) is 5.93. The zero-order valence-electron chi connectivity index (χ0n) is 14.4. The Morgan fingerprint density at radius 2 is 2.04 bits per heavy atom. The highest BCUT2D eigenvalue weighted by molar-refractivity contribution is 7.80. The Labute approximate surface area is 174 Å². The fraction of sp³-hybridized carbons (Fsp3) is 0.0526. The molecule has 140 valence electrons. The van der Waals surface area contributed by atoms with Crippen LogP contribution >= 0.6 is 35.2 Å². The number of nitrogens with one attached hydrogen (secondary N) is 1. The molecule has 4 rings (SSSR count). The largest absolute Gasteiger partial charge is 0.298 e. The Bertz CT molecular complexity index is 1160. The maximum atomic E-state index is 12.8. The lowest BCUT2D eigenvalue weighted by molar-refractivity contribution is -0.128. The van der Waals surface area contributed by atoms with Crippen molar-refractivity contribution in [3.8, 4) is 11.3 Å². The van der Waals surface area contributed by atoms with Gasteiger partial charge >= 0.3 is 0 Å². The summed E-state index contributed by atoms with van der Waals surface area (Å²) in [5.41, 5.74) is 2.09. The van der Waals surface area contributed by atoms with E-state index in [1.165, 1.54) is 16.2 Å². The SMILES string of the molecule is C=CCN1C(=O)C(=Cc2c(-c3ccc(Cl)cc3)nc3sccn23)C(=O)NC1=S. The van der Waals surface area contributed by atoms with Crippen LogP contribution < -0.4 is 5.32 Å². The van der Waals surface area contributed by atoms with E-state index in [-0.39, 0.29) is 17.2 Å². The van der Waals surface area contributed by atoms with Gasteiger partial charge in [0.1, 0.15) is 5.57 Å². The number of imidazole rings is 1. The molecule has 1 aliphatic rings. The number of aromatic nitrogens is 2. The van der Waals surface area contributed by atoms with Crippen molar-refractivity contribution in [1.29, 1.82) is 0 Å². The quantitative estimate of drug-likeness (QED) is 0.299. The number of nitrogens with zero attached hydrogens (tertiary/aromatic N) is 3. The van der Waals surface area contributed by atoms with Crippen LogP contribution in [-0.2, 0) is 9.59 Å². The molecule has 1 saturated heterocycles. The third-order valence-corrected chi connectivity index (χ3v) is 5.53. The molecule has 9 heteroatoms. The van der Waals surface area contributed by atoms with Crippen LogP contribution in [-0.4, -0.2) is 37.8 Å². The van der Waals surface area contributed by atoms with E-state index in [1.54, 1.807) is 24.3 Å². The number of amides is 2. The Morgan fingerprint density at radius 1 is 1.29 bits per heavy atom. The van der Waals surface area contributed by atoms with Gasteiger partial charge in [0.2, 0.25) is 0 Å². The van der Waals surface area contributed by atoms with Crippen LogP contribution in [0.4, 0.5) is 0 Å². The van der Waals surface area contributed by atoms with Gasteiger partial charge in [-0.2, -0.15) is 0 Å². The van der Waals surface area contributed by atoms with E-state index >= 15 is 0 Å². The van der Waals surface area contributed by atoms with Gasteiger partial charge in [-0.25, -0.2) is 4.98 Å². The van der Waals surface area contributed by atoms with Crippen LogP contribution in [0.5, 0.6) is 0 Å². The number of hydrogen-bond acceptors (Lipinski definition) is 5. The fourth-order valence-corrected chi connectivity index (χ4v) is 3.98. The van der Waals surface area contributed by atoms with E-state index in [0.717, 1.165) is 10.5 Å². The lowest BCUT2D eigenvalue weighted by atomic mass is 10.1. The van der Waals surface area contributed by atoms with E-state index in [4.69, 9.17) is 23.8 Å². The summed E-state index contributed by atoms with van der Waals surface area (Å²) < 4.78 is 1.84. The number of hydrogen-bond donors (Lipinski definition) is 1. The van der Waals surface area contributed by atoms with Gasteiger partial charge in [0.15, 0.2) is 10.1 Å². The van der Waals surface area contributed by atoms with Crippen molar-refractivity contribution in [2.45, 2.75) is 0 Å². The van der Waals surface area contributed by atoms with Crippen LogP contribution in [0.25, 0.3) is 22.3 Å². The Morgan fingerprint density at radius 3 is 2.75 bits per heavy atom. The zero-order valence-corrected chi connectivity index (χ0v) is 16.8. The van der Waals surface area contributed by atoms with Crippen molar-refractivity contribution in [2.24, 2.45) is 0 Å². The molecule has 0 radical (unpaired) electrons. The molecule has 0 unspecified atom stereocenters. The van der Waals surface area contributed by atoms with Gasteiger partial charge in [-0.1, -0.05) is 29.8 Å². The molecule has 1 fully saturated rings. The smallest absolute Gasteiger partial charge is 0.266 e. The number of rotatable bonds is 4. The summed E-state index contributed by atoms with van der Waals surface area (Å²) in [5.74, 6) is -1.01. The molecule has 0 aliphatic carbocycles. The molecule has 3 aromatic rings. The molecule has 1 N–H and O–H groups in total. The van der Waals surface area contributed by atoms with Gasteiger partial charge in [0.25, 0.3) is 11.8 Å². The summed E-state index contributed by atoms with van der Waals surface area (Å²) in [5, 5.41) is 5.12. The molecular weight excluding hydrogens is 416 g/mol. The standard InChI is InChI=1S/C19H13ClN4O2S2/c1-2-7-24-17(26)13(16(25)22-18(24)27)10-14-15(11-3-5-12(20)6-4-11)21-19-23(14)8-9-28-19/h2-6,8-10H,1,7H2,(H,22,25,27). The number of halogens is 1. The Hall–Kier alpha value is -2.81. The lowest BCUT2D eigenvalue weighted by Gasteiger charge is -2.27. The summed E-state index contributed by atoms with van der Waals surface area (Å²) in [6.07, 6.45) is 4.94. The highest BCUT2D eigenvalue weighted by Crippen LogP contribution is 2.30. The van der Waals surface area contributed by atoms with Gasteiger partial charge in [-0.05, 0) is 30.4 Å². The topological polar surface area (TPSA) is 66.7 Å². The van der Waals surface area contributed by atoms with E-state index in [1.807, 2.05) is 28.1 Å². The molecule has 1 aliphatic heterocycles. The van der Waals surface area contributed by atoms with Gasteiger partial charge in [0, 0.05) is 28.7 Å². The maximum Gasteiger partial charge on any atom is 0.266 e. The molecule has 28 heavy (non-hydrogen) atoms. The summed E-state index contributed by atoms with van der Waals surface area (Å²) in [4.78, 5) is 32.0. The van der Waals surface area contributed by atoms with Gasteiger partial charge in [-0.15, -0.1) is 17.9 Å². The first-order valence-corrected chi connectivity index (χ1v) is 9.87. The monoisotopic (exact) mass is 428 g/mol. The molecule has 3 heterocycles. The highest BCUT2D eigenvalue weighted by Gasteiger charge is 2.33. The molecule has 6 nitrogen and oxygen atoms in total. The van der Waals surface area contributed by atoms with E-state index < -0.39 is 11.8 Å². The summed E-state index contributed by atoms with van der Waals surface area (Å²) in [6, 6.07) is 7.23. The maximum absolute atomic E-state index is 12.8. The molecule has 0 spiro atoms. The van der Waals surface area contributed by atoms with Crippen LogP contribution in [0.2, 0.25) is 5.02 Å². The van der Waals surface area contributed by atoms with Crippen LogP contribution in [0.15, 0.2) is 54.1 Å². The second-order valence-corrected chi connectivity index (χ2v) is 7.63. The second kappa shape index (κ2) is 7.31. The summed E-state index contributed by atoms with van der Waals surface area (Å²) in [6.45, 7) is 3.84. The molecule has 2 aromatic heterocycles. The lowest BCUT2D eigenvalue weighted by Crippen LogP contribution is -2.53. The third kappa shape index (κ3) is 3.15. The van der Waals surface area contributed by atoms with Gasteiger partial charge in [-0.3, -0.25) is 24.2 Å². The van der Waals surface area contributed by atoms with E-state index in [2.05, 4.69) is 16.9 Å². The minimum Gasteiger partial charge on any atom is -0.298 e. The molecule has 2 amide bonds. The molecule has 0 saturated carbocycles. The first-order chi connectivity index (χ1) is 13.5. The van der Waals surface area contributed by atoms with Crippen LogP contribution in [0.3, 0.4) is 0 Å². The first-order valence-electron chi connectivity index (χ1n) is 8.21. The highest BCUT2D eigenvalue weighted by atomic mass is 35.5. The number of carbonyl (C=O) groups excluding carboxylic acids is 2. The van der Waals surface area contributed by atoms with Gasteiger partial charge in [0.05, 0.1) is 11.4 Å². The van der Waals surface area contributed by atoms with Gasteiger partial charge < -0.3 is 0 Å². The molecule has 1 aromatic carbocycles. The third-order valence-electron chi connectivity index (χ3n) is 4.20. The van der Waals surface area contributed by atoms with Crippen molar-refractivity contribution in [3.05, 3.63) is 64.8 Å². The predicted octanol–water partition coefficient (Wildman–Crippen LogP) is 3.53. The predicted molar refractivity (Wildman–Crippen MR) is 114 cm³/mol. The van der Waals surface area contributed by atoms with Crippen molar-refractivity contribution < 1.29 is 9.59 Å². The van der Waals surface area contributed by atoms with E-state index in [9.17, 15) is 9.59 Å². The van der Waals surface area contributed by atoms with Crippen molar-refractivity contribution in [3.63, 3.8) is 0 Å². The number of thiocarbonyl (C=S) groups is 1.